The highest BCUT2D eigenvalue weighted by Crippen LogP contribution is 2.21. The van der Waals surface area contributed by atoms with E-state index in [9.17, 15) is 14.9 Å². The van der Waals surface area contributed by atoms with E-state index in [-0.39, 0.29) is 12.2 Å². The van der Waals surface area contributed by atoms with Crippen LogP contribution in [0.5, 0.6) is 0 Å². The molecular weight excluding hydrogens is 254 g/mol. The van der Waals surface area contributed by atoms with Gasteiger partial charge in [0.1, 0.15) is 18.6 Å². The SMILES string of the molecule is COCCN(CC(=O)O)c1cc(C)c([N+](=O)[O-])cn1. The van der Waals surface area contributed by atoms with Crippen LogP contribution in [0.25, 0.3) is 0 Å². The van der Waals surface area contributed by atoms with Crippen molar-refractivity contribution in [3.63, 3.8) is 0 Å². The topological polar surface area (TPSA) is 106 Å². The van der Waals surface area contributed by atoms with Gasteiger partial charge >= 0.3 is 5.97 Å². The van der Waals surface area contributed by atoms with Crippen LogP contribution in [0.3, 0.4) is 0 Å². The Bertz CT molecular complexity index is 477. The number of hydrogen-bond donors (Lipinski definition) is 1. The Labute approximate surface area is 109 Å². The molecule has 0 atom stereocenters. The van der Waals surface area contributed by atoms with Gasteiger partial charge in [0.15, 0.2) is 0 Å². The third-order valence-electron chi connectivity index (χ3n) is 2.48. The quantitative estimate of drug-likeness (QED) is 0.577. The first-order valence-electron chi connectivity index (χ1n) is 5.52. The fourth-order valence-electron chi connectivity index (χ4n) is 1.54. The number of carboxylic acids is 1. The van der Waals surface area contributed by atoms with Crippen molar-refractivity contribution in [2.45, 2.75) is 6.92 Å². The first-order valence-corrected chi connectivity index (χ1v) is 5.52. The van der Waals surface area contributed by atoms with Crippen molar-refractivity contribution in [2.24, 2.45) is 0 Å². The van der Waals surface area contributed by atoms with Crippen LogP contribution in [0.2, 0.25) is 0 Å². The Morgan fingerprint density at radius 2 is 2.32 bits per heavy atom. The molecule has 0 radical (unpaired) electrons. The molecule has 1 aromatic heterocycles. The van der Waals surface area contributed by atoms with E-state index in [2.05, 4.69) is 4.98 Å². The second-order valence-electron chi connectivity index (χ2n) is 3.89. The Morgan fingerprint density at radius 1 is 1.63 bits per heavy atom. The van der Waals surface area contributed by atoms with Crippen molar-refractivity contribution in [1.82, 2.24) is 4.98 Å². The van der Waals surface area contributed by atoms with Crippen LogP contribution in [-0.4, -0.2) is 47.8 Å². The summed E-state index contributed by atoms with van der Waals surface area (Å²) < 4.78 is 4.90. The number of nitro groups is 1. The molecule has 0 spiro atoms. The molecule has 0 aliphatic heterocycles. The third kappa shape index (κ3) is 4.18. The van der Waals surface area contributed by atoms with Gasteiger partial charge in [-0.15, -0.1) is 0 Å². The van der Waals surface area contributed by atoms with Gasteiger partial charge in [-0.05, 0) is 13.0 Å². The first kappa shape index (κ1) is 14.8. The molecule has 1 heterocycles. The van der Waals surface area contributed by atoms with Crippen molar-refractivity contribution < 1.29 is 19.6 Å². The summed E-state index contributed by atoms with van der Waals surface area (Å²) in [4.78, 5) is 26.4. The first-order chi connectivity index (χ1) is 8.95. The Kier molecular flexibility index (Phi) is 5.19. The maximum absolute atomic E-state index is 10.8. The standard InChI is InChI=1S/C11H15N3O5/c1-8-5-10(12-6-9(8)14(17)18)13(3-4-19-2)7-11(15)16/h5-6H,3-4,7H2,1-2H3,(H,15,16). The number of pyridine rings is 1. The molecular formula is C11H15N3O5. The lowest BCUT2D eigenvalue weighted by molar-refractivity contribution is -0.385. The Balaban J connectivity index is 2.98. The van der Waals surface area contributed by atoms with Crippen LogP contribution >= 0.6 is 0 Å². The molecule has 1 aromatic rings. The minimum Gasteiger partial charge on any atom is -0.480 e. The molecule has 0 aliphatic carbocycles. The van der Waals surface area contributed by atoms with E-state index in [1.54, 1.807) is 6.92 Å². The molecule has 0 aromatic carbocycles. The molecule has 8 heteroatoms. The molecule has 0 unspecified atom stereocenters. The fraction of sp³-hybridized carbons (Fsp3) is 0.455. The molecule has 1 N–H and O–H groups in total. The average molecular weight is 269 g/mol. The number of ether oxygens (including phenoxy) is 1. The summed E-state index contributed by atoms with van der Waals surface area (Å²) in [5.41, 5.74) is 0.341. The van der Waals surface area contributed by atoms with Gasteiger partial charge in [0, 0.05) is 19.2 Å². The van der Waals surface area contributed by atoms with Gasteiger partial charge in [-0.2, -0.15) is 0 Å². The molecule has 19 heavy (non-hydrogen) atoms. The van der Waals surface area contributed by atoms with Crippen molar-refractivity contribution in [3.05, 3.63) is 27.9 Å². The smallest absolute Gasteiger partial charge is 0.323 e. The van der Waals surface area contributed by atoms with Crippen LogP contribution in [0, 0.1) is 17.0 Å². The minimum atomic E-state index is -1.01. The summed E-state index contributed by atoms with van der Waals surface area (Å²) in [5, 5.41) is 19.5. The molecule has 0 aliphatic rings. The molecule has 0 saturated carbocycles. The number of rotatable bonds is 7. The number of aromatic nitrogens is 1. The number of anilines is 1. The molecule has 104 valence electrons. The highest BCUT2D eigenvalue weighted by molar-refractivity contribution is 5.73. The van der Waals surface area contributed by atoms with Gasteiger partial charge in [0.2, 0.25) is 0 Å². The van der Waals surface area contributed by atoms with Gasteiger partial charge in [-0.25, -0.2) is 4.98 Å². The number of methoxy groups -OCH3 is 1. The van der Waals surface area contributed by atoms with Crippen molar-refractivity contribution >= 4 is 17.5 Å². The lowest BCUT2D eigenvalue weighted by atomic mass is 10.2. The fourth-order valence-corrected chi connectivity index (χ4v) is 1.54. The zero-order valence-electron chi connectivity index (χ0n) is 10.7. The highest BCUT2D eigenvalue weighted by atomic mass is 16.6. The van der Waals surface area contributed by atoms with Crippen LogP contribution in [0.4, 0.5) is 11.5 Å². The predicted molar refractivity (Wildman–Crippen MR) is 67.4 cm³/mol. The van der Waals surface area contributed by atoms with Crippen LogP contribution in [0.1, 0.15) is 5.56 Å². The van der Waals surface area contributed by atoms with Crippen LogP contribution < -0.4 is 4.90 Å². The number of carboxylic acid groups (broad SMARTS) is 1. The monoisotopic (exact) mass is 269 g/mol. The van der Waals surface area contributed by atoms with E-state index in [1.807, 2.05) is 0 Å². The number of nitrogens with zero attached hydrogens (tertiary/aromatic N) is 3. The van der Waals surface area contributed by atoms with Crippen molar-refractivity contribution in [2.75, 3.05) is 31.7 Å². The highest BCUT2D eigenvalue weighted by Gasteiger charge is 2.16. The number of aryl methyl sites for hydroxylation is 1. The van der Waals surface area contributed by atoms with Crippen molar-refractivity contribution in [3.8, 4) is 0 Å². The van der Waals surface area contributed by atoms with E-state index >= 15 is 0 Å². The van der Waals surface area contributed by atoms with E-state index in [0.717, 1.165) is 6.20 Å². The van der Waals surface area contributed by atoms with E-state index in [1.165, 1.54) is 18.1 Å². The van der Waals surface area contributed by atoms with E-state index in [4.69, 9.17) is 9.84 Å². The summed E-state index contributed by atoms with van der Waals surface area (Å²) in [6, 6.07) is 1.50. The Morgan fingerprint density at radius 3 is 2.79 bits per heavy atom. The normalized spacial score (nSPS) is 10.2. The van der Waals surface area contributed by atoms with Gasteiger partial charge in [-0.1, -0.05) is 0 Å². The molecule has 0 fully saturated rings. The minimum absolute atomic E-state index is 0.0919. The zero-order chi connectivity index (χ0) is 14.4. The average Bonchev–Trinajstić information content (AvgIpc) is 2.33. The molecule has 1 rings (SSSR count). The molecule has 8 nitrogen and oxygen atoms in total. The molecule has 0 saturated heterocycles. The number of carbonyl (C=O) groups is 1. The second kappa shape index (κ2) is 6.64. The summed E-state index contributed by atoms with van der Waals surface area (Å²) >= 11 is 0. The lowest BCUT2D eigenvalue weighted by Crippen LogP contribution is -2.33. The van der Waals surface area contributed by atoms with Gasteiger partial charge < -0.3 is 14.7 Å². The van der Waals surface area contributed by atoms with Gasteiger partial charge in [-0.3, -0.25) is 14.9 Å². The maximum atomic E-state index is 10.8. The zero-order valence-corrected chi connectivity index (χ0v) is 10.7. The lowest BCUT2D eigenvalue weighted by Gasteiger charge is -2.21. The van der Waals surface area contributed by atoms with Gasteiger partial charge in [0.25, 0.3) is 5.69 Å². The number of hydrogen-bond acceptors (Lipinski definition) is 6. The summed E-state index contributed by atoms with van der Waals surface area (Å²) in [7, 11) is 1.51. The summed E-state index contributed by atoms with van der Waals surface area (Å²) in [5.74, 6) is -0.628. The third-order valence-corrected chi connectivity index (χ3v) is 2.48. The second-order valence-corrected chi connectivity index (χ2v) is 3.89. The summed E-state index contributed by atoms with van der Waals surface area (Å²) in [6.07, 6.45) is 1.13. The summed E-state index contributed by atoms with van der Waals surface area (Å²) in [6.45, 7) is 2.02. The number of aliphatic carboxylic acids is 1. The molecule has 0 bridgehead atoms. The van der Waals surface area contributed by atoms with Crippen LogP contribution in [-0.2, 0) is 9.53 Å². The Hall–Kier alpha value is -2.22. The van der Waals surface area contributed by atoms with E-state index in [0.29, 0.717) is 24.5 Å². The van der Waals surface area contributed by atoms with Crippen molar-refractivity contribution in [1.29, 1.82) is 0 Å². The molecule has 0 amide bonds. The predicted octanol–water partition coefficient (Wildman–Crippen LogP) is 0.836. The largest absolute Gasteiger partial charge is 0.480 e. The maximum Gasteiger partial charge on any atom is 0.323 e. The van der Waals surface area contributed by atoms with E-state index < -0.39 is 10.9 Å². The van der Waals surface area contributed by atoms with Crippen LogP contribution in [0.15, 0.2) is 12.3 Å². The van der Waals surface area contributed by atoms with Gasteiger partial charge in [0.05, 0.1) is 11.5 Å².